The van der Waals surface area contributed by atoms with Crippen LogP contribution < -0.4 is 0 Å². The molecule has 7 heteroatoms. The van der Waals surface area contributed by atoms with Crippen molar-refractivity contribution in [2.24, 2.45) is 0 Å². The van der Waals surface area contributed by atoms with Gasteiger partial charge in [-0.3, -0.25) is 9.48 Å². The SMILES string of the molecule is C=Cc1ccc(C(=O)N2CCC(c3nnc(Cn4cccn4)n3CC)CC2)cc1. The summed E-state index contributed by atoms with van der Waals surface area (Å²) in [4.78, 5) is 14.7. The molecule has 4 rings (SSSR count). The molecule has 3 aromatic rings. The topological polar surface area (TPSA) is 68.8 Å². The van der Waals surface area contributed by atoms with Crippen molar-refractivity contribution in [3.8, 4) is 0 Å². The molecule has 3 heterocycles. The van der Waals surface area contributed by atoms with Crippen LogP contribution in [0.4, 0.5) is 0 Å². The van der Waals surface area contributed by atoms with Crippen LogP contribution in [0.25, 0.3) is 6.08 Å². The molecule has 0 atom stereocenters. The molecule has 0 unspecified atom stereocenters. The zero-order valence-corrected chi connectivity index (χ0v) is 16.7. The van der Waals surface area contributed by atoms with Crippen molar-refractivity contribution in [2.75, 3.05) is 13.1 Å². The smallest absolute Gasteiger partial charge is 0.253 e. The number of nitrogens with zero attached hydrogens (tertiary/aromatic N) is 6. The minimum absolute atomic E-state index is 0.0930. The average Bonchev–Trinajstić information content (AvgIpc) is 3.43. The third-order valence-corrected chi connectivity index (χ3v) is 5.58. The quantitative estimate of drug-likeness (QED) is 0.648. The Hall–Kier alpha value is -3.22. The van der Waals surface area contributed by atoms with Gasteiger partial charge in [0.1, 0.15) is 12.4 Å². The molecule has 7 nitrogen and oxygen atoms in total. The fraction of sp³-hybridized carbons (Fsp3) is 0.364. The fourth-order valence-corrected chi connectivity index (χ4v) is 3.94. The third-order valence-electron chi connectivity index (χ3n) is 5.58. The number of carbonyl (C=O) groups excluding carboxylic acids is 1. The summed E-state index contributed by atoms with van der Waals surface area (Å²) in [7, 11) is 0. The van der Waals surface area contributed by atoms with Gasteiger partial charge in [-0.05, 0) is 43.5 Å². The molecule has 1 amide bonds. The van der Waals surface area contributed by atoms with Crippen LogP contribution in [0.1, 0.15) is 53.3 Å². The lowest BCUT2D eigenvalue weighted by molar-refractivity contribution is 0.0710. The van der Waals surface area contributed by atoms with Crippen molar-refractivity contribution >= 4 is 12.0 Å². The molecule has 1 aromatic carbocycles. The minimum atomic E-state index is 0.0930. The van der Waals surface area contributed by atoms with Crippen LogP contribution in [0.3, 0.4) is 0 Å². The number of hydrogen-bond donors (Lipinski definition) is 0. The lowest BCUT2D eigenvalue weighted by Gasteiger charge is -2.31. The van der Waals surface area contributed by atoms with E-state index >= 15 is 0 Å². The van der Waals surface area contributed by atoms with Crippen molar-refractivity contribution in [1.29, 1.82) is 0 Å². The van der Waals surface area contributed by atoms with E-state index in [4.69, 9.17) is 0 Å². The third kappa shape index (κ3) is 3.99. The van der Waals surface area contributed by atoms with Gasteiger partial charge in [0.25, 0.3) is 5.91 Å². The highest BCUT2D eigenvalue weighted by Gasteiger charge is 2.28. The molecule has 0 radical (unpaired) electrons. The number of likely N-dealkylation sites (tertiary alicyclic amines) is 1. The molecule has 0 N–H and O–H groups in total. The predicted octanol–water partition coefficient (Wildman–Crippen LogP) is 3.21. The second-order valence-corrected chi connectivity index (χ2v) is 7.31. The van der Waals surface area contributed by atoms with Gasteiger partial charge in [-0.25, -0.2) is 0 Å². The zero-order chi connectivity index (χ0) is 20.2. The average molecular weight is 390 g/mol. The molecule has 1 aliphatic rings. The minimum Gasteiger partial charge on any atom is -0.339 e. The van der Waals surface area contributed by atoms with Gasteiger partial charge in [0.05, 0.1) is 0 Å². The maximum absolute atomic E-state index is 12.8. The summed E-state index contributed by atoms with van der Waals surface area (Å²) in [6.07, 6.45) is 7.28. The Morgan fingerprint density at radius 3 is 2.59 bits per heavy atom. The molecule has 1 fully saturated rings. The second kappa shape index (κ2) is 8.43. The van der Waals surface area contributed by atoms with E-state index in [9.17, 15) is 4.79 Å². The molecule has 0 spiro atoms. The first-order valence-electron chi connectivity index (χ1n) is 10.1. The van der Waals surface area contributed by atoms with Crippen LogP contribution in [0, 0.1) is 0 Å². The van der Waals surface area contributed by atoms with E-state index in [-0.39, 0.29) is 5.91 Å². The number of rotatable bonds is 6. The molecule has 2 aromatic heterocycles. The molecule has 0 bridgehead atoms. The van der Waals surface area contributed by atoms with Gasteiger partial charge in [0.2, 0.25) is 0 Å². The van der Waals surface area contributed by atoms with E-state index in [1.165, 1.54) is 0 Å². The van der Waals surface area contributed by atoms with Crippen LogP contribution in [0.15, 0.2) is 49.3 Å². The first kappa shape index (κ1) is 19.1. The number of amides is 1. The maximum Gasteiger partial charge on any atom is 0.253 e. The summed E-state index contributed by atoms with van der Waals surface area (Å²) >= 11 is 0. The summed E-state index contributed by atoms with van der Waals surface area (Å²) in [5, 5.41) is 13.2. The molecule has 1 aliphatic heterocycles. The normalized spacial score (nSPS) is 14.9. The van der Waals surface area contributed by atoms with Gasteiger partial charge >= 0.3 is 0 Å². The highest BCUT2D eigenvalue weighted by atomic mass is 16.2. The van der Waals surface area contributed by atoms with Crippen molar-refractivity contribution in [3.05, 3.63) is 72.1 Å². The fourth-order valence-electron chi connectivity index (χ4n) is 3.94. The van der Waals surface area contributed by atoms with Gasteiger partial charge in [-0.1, -0.05) is 24.8 Å². The van der Waals surface area contributed by atoms with E-state index in [0.717, 1.165) is 55.3 Å². The second-order valence-electron chi connectivity index (χ2n) is 7.31. The standard InChI is InChI=1S/C22H26N6O/c1-3-17-6-8-19(9-7-17)22(29)26-14-10-18(11-15-26)21-25-24-20(28(21)4-2)16-27-13-5-12-23-27/h3,5-9,12-13,18H,1,4,10-11,14-16H2,2H3. The first-order valence-corrected chi connectivity index (χ1v) is 10.1. The van der Waals surface area contributed by atoms with Crippen LogP contribution in [-0.2, 0) is 13.1 Å². The predicted molar refractivity (Wildman–Crippen MR) is 111 cm³/mol. The number of aromatic nitrogens is 5. The van der Waals surface area contributed by atoms with E-state index in [1.807, 2.05) is 46.1 Å². The summed E-state index contributed by atoms with van der Waals surface area (Å²) in [5.74, 6) is 2.36. The number of hydrogen-bond acceptors (Lipinski definition) is 4. The largest absolute Gasteiger partial charge is 0.339 e. The number of carbonyl (C=O) groups is 1. The monoisotopic (exact) mass is 390 g/mol. The maximum atomic E-state index is 12.8. The lowest BCUT2D eigenvalue weighted by atomic mass is 9.95. The molecule has 150 valence electrons. The molecular formula is C22H26N6O. The highest BCUT2D eigenvalue weighted by molar-refractivity contribution is 5.94. The van der Waals surface area contributed by atoms with Crippen LogP contribution in [0.2, 0.25) is 0 Å². The molecule has 29 heavy (non-hydrogen) atoms. The van der Waals surface area contributed by atoms with E-state index in [2.05, 4.69) is 33.4 Å². The summed E-state index contributed by atoms with van der Waals surface area (Å²) in [6, 6.07) is 9.52. The Labute approximate surface area is 170 Å². The Balaban J connectivity index is 1.42. The van der Waals surface area contributed by atoms with Crippen LogP contribution in [0.5, 0.6) is 0 Å². The van der Waals surface area contributed by atoms with Crippen LogP contribution in [-0.4, -0.2) is 48.4 Å². The van der Waals surface area contributed by atoms with Crippen molar-refractivity contribution in [1.82, 2.24) is 29.4 Å². The molecule has 0 aliphatic carbocycles. The highest BCUT2D eigenvalue weighted by Crippen LogP contribution is 2.28. The van der Waals surface area contributed by atoms with E-state index in [0.29, 0.717) is 12.5 Å². The Morgan fingerprint density at radius 2 is 1.97 bits per heavy atom. The Bertz CT molecular complexity index is 965. The van der Waals surface area contributed by atoms with Crippen molar-refractivity contribution < 1.29 is 4.79 Å². The van der Waals surface area contributed by atoms with Gasteiger partial charge in [0.15, 0.2) is 5.82 Å². The Morgan fingerprint density at radius 1 is 1.21 bits per heavy atom. The Kier molecular flexibility index (Phi) is 5.55. The molecule has 1 saturated heterocycles. The zero-order valence-electron chi connectivity index (χ0n) is 16.7. The summed E-state index contributed by atoms with van der Waals surface area (Å²) in [5.41, 5.74) is 1.75. The van der Waals surface area contributed by atoms with Crippen LogP contribution >= 0.6 is 0 Å². The van der Waals surface area contributed by atoms with E-state index in [1.54, 1.807) is 12.3 Å². The van der Waals surface area contributed by atoms with Gasteiger partial charge < -0.3 is 9.47 Å². The number of benzene rings is 1. The van der Waals surface area contributed by atoms with Crippen molar-refractivity contribution in [3.63, 3.8) is 0 Å². The van der Waals surface area contributed by atoms with Gasteiger partial charge in [-0.2, -0.15) is 5.10 Å². The van der Waals surface area contributed by atoms with E-state index < -0.39 is 0 Å². The lowest BCUT2D eigenvalue weighted by Crippen LogP contribution is -2.38. The number of piperidine rings is 1. The summed E-state index contributed by atoms with van der Waals surface area (Å²) < 4.78 is 4.05. The van der Waals surface area contributed by atoms with Gasteiger partial charge in [-0.15, -0.1) is 10.2 Å². The first-order chi connectivity index (χ1) is 14.2. The van der Waals surface area contributed by atoms with Gasteiger partial charge in [0, 0.05) is 43.5 Å². The molecular weight excluding hydrogens is 364 g/mol. The molecule has 0 saturated carbocycles. The van der Waals surface area contributed by atoms with Crippen molar-refractivity contribution in [2.45, 2.75) is 38.8 Å². The summed E-state index contributed by atoms with van der Waals surface area (Å²) in [6.45, 7) is 8.78.